The van der Waals surface area contributed by atoms with Crippen LogP contribution in [0, 0.1) is 5.92 Å². The average molecular weight is 469 g/mol. The Kier molecular flexibility index (Phi) is 9.24. The van der Waals surface area contributed by atoms with Crippen LogP contribution in [-0.4, -0.2) is 76.0 Å². The Labute approximate surface area is 191 Å². The van der Waals surface area contributed by atoms with Gasteiger partial charge in [0, 0.05) is 32.7 Å². The number of piperidine rings is 1. The Bertz CT molecular complexity index is 869. The van der Waals surface area contributed by atoms with Crippen LogP contribution in [0.25, 0.3) is 0 Å². The van der Waals surface area contributed by atoms with Gasteiger partial charge in [0.15, 0.2) is 0 Å². The predicted molar refractivity (Wildman–Crippen MR) is 122 cm³/mol. The molecule has 0 N–H and O–H groups in total. The van der Waals surface area contributed by atoms with Gasteiger partial charge >= 0.3 is 5.97 Å². The summed E-state index contributed by atoms with van der Waals surface area (Å²) in [5.74, 6) is -0.964. The predicted octanol–water partition coefficient (Wildman–Crippen LogP) is 2.42. The van der Waals surface area contributed by atoms with Gasteiger partial charge in [0.05, 0.1) is 18.1 Å². The fourth-order valence-electron chi connectivity index (χ4n) is 3.71. The van der Waals surface area contributed by atoms with Gasteiger partial charge in [-0.15, -0.1) is 0 Å². The van der Waals surface area contributed by atoms with Crippen LogP contribution >= 0.6 is 0 Å². The third-order valence-corrected chi connectivity index (χ3v) is 7.58. The van der Waals surface area contributed by atoms with Crippen LogP contribution in [0.1, 0.15) is 46.1 Å². The molecule has 9 heteroatoms. The van der Waals surface area contributed by atoms with E-state index in [1.165, 1.54) is 16.3 Å². The molecule has 1 saturated heterocycles. The Balaban J connectivity index is 2.03. The lowest BCUT2D eigenvalue weighted by atomic mass is 9.87. The lowest BCUT2D eigenvalue weighted by molar-refractivity contribution is -0.151. The molecule has 180 valence electrons. The highest BCUT2D eigenvalue weighted by molar-refractivity contribution is 7.89. The van der Waals surface area contributed by atoms with Crippen LogP contribution in [0.15, 0.2) is 29.2 Å². The maximum absolute atomic E-state index is 13.1. The van der Waals surface area contributed by atoms with Crippen LogP contribution in [0.5, 0.6) is 0 Å². The van der Waals surface area contributed by atoms with Crippen molar-refractivity contribution in [2.24, 2.45) is 5.92 Å². The van der Waals surface area contributed by atoms with Crippen molar-refractivity contribution < 1.29 is 27.5 Å². The smallest absolute Gasteiger partial charge is 0.325 e. The standard InChI is InChI=1S/C23H36N2O6S/c1-6-31-21(26)17-24(15-16-30-5)22(27)18-11-13-25(14-12-18)32(28,29)20-9-7-19(8-10-20)23(2,3)4/h7-10,18H,6,11-17H2,1-5H3. The highest BCUT2D eigenvalue weighted by Gasteiger charge is 2.34. The third kappa shape index (κ3) is 6.76. The number of nitrogens with zero attached hydrogens (tertiary/aromatic N) is 2. The molecule has 0 spiro atoms. The van der Waals surface area contributed by atoms with E-state index in [0.29, 0.717) is 19.4 Å². The summed E-state index contributed by atoms with van der Waals surface area (Å²) < 4.78 is 37.6. The molecule has 32 heavy (non-hydrogen) atoms. The van der Waals surface area contributed by atoms with E-state index in [-0.39, 0.29) is 54.9 Å². The number of hydrogen-bond acceptors (Lipinski definition) is 6. The molecule has 1 aromatic carbocycles. The molecule has 0 saturated carbocycles. The zero-order valence-electron chi connectivity index (χ0n) is 19.8. The SMILES string of the molecule is CCOC(=O)CN(CCOC)C(=O)C1CCN(S(=O)(=O)c2ccc(C(C)(C)C)cc2)CC1. The van der Waals surface area contributed by atoms with Gasteiger partial charge in [-0.3, -0.25) is 9.59 Å². The molecule has 1 amide bonds. The second-order valence-electron chi connectivity index (χ2n) is 9.01. The Hall–Kier alpha value is -1.97. The number of carbonyl (C=O) groups is 2. The molecule has 1 aliphatic rings. The molecule has 0 bridgehead atoms. The highest BCUT2D eigenvalue weighted by atomic mass is 32.2. The zero-order valence-corrected chi connectivity index (χ0v) is 20.6. The van der Waals surface area contributed by atoms with Crippen molar-refractivity contribution >= 4 is 21.9 Å². The van der Waals surface area contributed by atoms with Gasteiger partial charge in [0.25, 0.3) is 0 Å². The number of amides is 1. The normalized spacial score (nSPS) is 16.0. The van der Waals surface area contributed by atoms with Crippen molar-refractivity contribution in [3.8, 4) is 0 Å². The van der Waals surface area contributed by atoms with Crippen LogP contribution in [0.3, 0.4) is 0 Å². The number of hydrogen-bond donors (Lipinski definition) is 0. The molecule has 1 heterocycles. The second kappa shape index (κ2) is 11.2. The first kappa shape index (κ1) is 26.3. The quantitative estimate of drug-likeness (QED) is 0.517. The minimum absolute atomic E-state index is 0.0563. The van der Waals surface area contributed by atoms with Crippen molar-refractivity contribution in [3.05, 3.63) is 29.8 Å². The summed E-state index contributed by atoms with van der Waals surface area (Å²) >= 11 is 0. The summed E-state index contributed by atoms with van der Waals surface area (Å²) in [5.41, 5.74) is 1.01. The molecular formula is C23H36N2O6S. The molecule has 0 aromatic heterocycles. The van der Waals surface area contributed by atoms with E-state index in [1.807, 2.05) is 12.1 Å². The van der Waals surface area contributed by atoms with Gasteiger partial charge in [0.2, 0.25) is 15.9 Å². The molecule has 2 rings (SSSR count). The monoisotopic (exact) mass is 468 g/mol. The van der Waals surface area contributed by atoms with Gasteiger partial charge in [-0.1, -0.05) is 32.9 Å². The Morgan fingerprint density at radius 3 is 2.22 bits per heavy atom. The van der Waals surface area contributed by atoms with Crippen molar-refractivity contribution in [1.82, 2.24) is 9.21 Å². The average Bonchev–Trinajstić information content (AvgIpc) is 2.76. The minimum atomic E-state index is -3.62. The van der Waals surface area contributed by atoms with E-state index in [4.69, 9.17) is 9.47 Å². The van der Waals surface area contributed by atoms with E-state index < -0.39 is 16.0 Å². The second-order valence-corrected chi connectivity index (χ2v) is 10.9. The Morgan fingerprint density at radius 2 is 1.72 bits per heavy atom. The van der Waals surface area contributed by atoms with Crippen molar-refractivity contribution in [2.75, 3.05) is 46.5 Å². The van der Waals surface area contributed by atoms with Crippen molar-refractivity contribution in [3.63, 3.8) is 0 Å². The number of rotatable bonds is 9. The van der Waals surface area contributed by atoms with Gasteiger partial charge in [-0.25, -0.2) is 8.42 Å². The number of ether oxygens (including phenoxy) is 2. The third-order valence-electron chi connectivity index (χ3n) is 5.66. The van der Waals surface area contributed by atoms with E-state index in [2.05, 4.69) is 20.8 Å². The number of benzene rings is 1. The summed E-state index contributed by atoms with van der Waals surface area (Å²) in [6.07, 6.45) is 0.814. The van der Waals surface area contributed by atoms with Crippen molar-refractivity contribution in [2.45, 2.75) is 50.8 Å². The first-order valence-corrected chi connectivity index (χ1v) is 12.5. The van der Waals surface area contributed by atoms with Gasteiger partial charge in [-0.05, 0) is 42.9 Å². The largest absolute Gasteiger partial charge is 0.465 e. The van der Waals surface area contributed by atoms with Gasteiger partial charge in [0.1, 0.15) is 6.54 Å². The summed E-state index contributed by atoms with van der Waals surface area (Å²) in [7, 11) is -2.09. The number of carbonyl (C=O) groups excluding carboxylic acids is 2. The summed E-state index contributed by atoms with van der Waals surface area (Å²) in [4.78, 5) is 26.6. The molecule has 1 aromatic rings. The molecule has 0 radical (unpaired) electrons. The summed E-state index contributed by atoms with van der Waals surface area (Å²) in [5, 5.41) is 0. The molecule has 1 aliphatic heterocycles. The molecule has 0 unspecified atom stereocenters. The fraction of sp³-hybridized carbons (Fsp3) is 0.652. The zero-order chi connectivity index (χ0) is 23.9. The first-order valence-electron chi connectivity index (χ1n) is 11.0. The lowest BCUT2D eigenvalue weighted by Gasteiger charge is -2.33. The molecule has 1 fully saturated rings. The van der Waals surface area contributed by atoms with Gasteiger partial charge < -0.3 is 14.4 Å². The van der Waals surface area contributed by atoms with E-state index in [1.54, 1.807) is 19.1 Å². The molecule has 0 aliphatic carbocycles. The fourth-order valence-corrected chi connectivity index (χ4v) is 5.18. The number of sulfonamides is 1. The number of methoxy groups -OCH3 is 1. The van der Waals surface area contributed by atoms with Crippen LogP contribution in [0.4, 0.5) is 0 Å². The maximum Gasteiger partial charge on any atom is 0.325 e. The van der Waals surface area contributed by atoms with E-state index in [9.17, 15) is 18.0 Å². The molecule has 8 nitrogen and oxygen atoms in total. The lowest BCUT2D eigenvalue weighted by Crippen LogP contribution is -2.46. The number of esters is 1. The van der Waals surface area contributed by atoms with E-state index in [0.717, 1.165) is 5.56 Å². The van der Waals surface area contributed by atoms with Crippen molar-refractivity contribution in [1.29, 1.82) is 0 Å². The van der Waals surface area contributed by atoms with Crippen LogP contribution < -0.4 is 0 Å². The van der Waals surface area contributed by atoms with Crippen LogP contribution in [0.2, 0.25) is 0 Å². The van der Waals surface area contributed by atoms with Gasteiger partial charge in [-0.2, -0.15) is 4.31 Å². The van der Waals surface area contributed by atoms with Crippen LogP contribution in [-0.2, 0) is 34.5 Å². The Morgan fingerprint density at radius 1 is 1.12 bits per heavy atom. The minimum Gasteiger partial charge on any atom is -0.465 e. The summed E-state index contributed by atoms with van der Waals surface area (Å²) in [6.45, 7) is 9.19. The summed E-state index contributed by atoms with van der Waals surface area (Å²) in [6, 6.07) is 7.01. The topological polar surface area (TPSA) is 93.2 Å². The first-order chi connectivity index (χ1) is 15.0. The molecule has 0 atom stereocenters. The van der Waals surface area contributed by atoms with E-state index >= 15 is 0 Å². The highest BCUT2D eigenvalue weighted by Crippen LogP contribution is 2.27. The maximum atomic E-state index is 13.1. The molecular weight excluding hydrogens is 432 g/mol.